The highest BCUT2D eigenvalue weighted by Crippen LogP contribution is 2.27. The number of hydrogen-bond acceptors (Lipinski definition) is 6. The number of sulfonamides is 1. The minimum absolute atomic E-state index is 0.135. The molecule has 1 aromatic heterocycles. The molecule has 0 aliphatic carbocycles. The molecule has 1 aliphatic heterocycles. The highest BCUT2D eigenvalue weighted by molar-refractivity contribution is 7.89. The van der Waals surface area contributed by atoms with Gasteiger partial charge in [0, 0.05) is 44.3 Å². The molecule has 0 amide bonds. The lowest BCUT2D eigenvalue weighted by molar-refractivity contribution is -0.0440. The summed E-state index contributed by atoms with van der Waals surface area (Å²) in [4.78, 5) is 5.98. The van der Waals surface area contributed by atoms with Crippen molar-refractivity contribution in [2.75, 3.05) is 26.8 Å². The van der Waals surface area contributed by atoms with Crippen molar-refractivity contribution in [3.05, 3.63) is 64.8 Å². The molecule has 2 heterocycles. The number of para-hydroxylation sites is 1. The minimum atomic E-state index is -3.63. The Balaban J connectivity index is 1.72. The first-order chi connectivity index (χ1) is 16.4. The number of benzene rings is 2. The van der Waals surface area contributed by atoms with Crippen LogP contribution in [0.1, 0.15) is 20.3 Å². The number of ether oxygens (including phenoxy) is 2. The summed E-state index contributed by atoms with van der Waals surface area (Å²) in [5, 5.41) is 2.04. The third kappa shape index (κ3) is 5.67. The number of methoxy groups -OCH3 is 1. The van der Waals surface area contributed by atoms with E-state index in [0.717, 1.165) is 28.2 Å². The quantitative estimate of drug-likeness (QED) is 0.432. The van der Waals surface area contributed by atoms with E-state index >= 15 is 0 Å². The molecule has 34 heavy (non-hydrogen) atoms. The van der Waals surface area contributed by atoms with E-state index in [0.29, 0.717) is 31.1 Å². The molecule has 0 bridgehead atoms. The van der Waals surface area contributed by atoms with Crippen molar-refractivity contribution in [3.8, 4) is 11.3 Å². The SMILES string of the molecule is COCCCn1c(-c2cccc(S(=O)(=O)N3C[C@@H](C)O[C@H](C)C3)c2)csc1=Nc1ccccc1. The molecule has 0 N–H and O–H groups in total. The fourth-order valence-corrected chi connectivity index (χ4v) is 6.73. The summed E-state index contributed by atoms with van der Waals surface area (Å²) in [5.41, 5.74) is 2.67. The Morgan fingerprint density at radius 1 is 1.09 bits per heavy atom. The molecular weight excluding hydrogens is 470 g/mol. The smallest absolute Gasteiger partial charge is 0.243 e. The van der Waals surface area contributed by atoms with Crippen LogP contribution in [0.4, 0.5) is 5.69 Å². The predicted molar refractivity (Wildman–Crippen MR) is 135 cm³/mol. The summed E-state index contributed by atoms with van der Waals surface area (Å²) < 4.78 is 41.5. The summed E-state index contributed by atoms with van der Waals surface area (Å²) in [6.45, 7) is 5.86. The van der Waals surface area contributed by atoms with Gasteiger partial charge in [-0.2, -0.15) is 4.31 Å². The first-order valence-corrected chi connectivity index (χ1v) is 13.7. The van der Waals surface area contributed by atoms with Crippen LogP contribution in [0, 0.1) is 0 Å². The Hall–Kier alpha value is -2.30. The second-order valence-corrected chi connectivity index (χ2v) is 11.2. The van der Waals surface area contributed by atoms with E-state index in [9.17, 15) is 8.42 Å². The van der Waals surface area contributed by atoms with Gasteiger partial charge in [0.15, 0.2) is 4.80 Å². The lowest BCUT2D eigenvalue weighted by Gasteiger charge is -2.34. The van der Waals surface area contributed by atoms with Gasteiger partial charge in [-0.05, 0) is 44.5 Å². The van der Waals surface area contributed by atoms with Gasteiger partial charge in [-0.3, -0.25) is 0 Å². The molecule has 2 atom stereocenters. The van der Waals surface area contributed by atoms with Gasteiger partial charge in [0.25, 0.3) is 0 Å². The Morgan fingerprint density at radius 3 is 2.53 bits per heavy atom. The fourth-order valence-electron chi connectivity index (χ4n) is 4.14. The number of nitrogens with zero attached hydrogens (tertiary/aromatic N) is 3. The Morgan fingerprint density at radius 2 is 1.82 bits per heavy atom. The second-order valence-electron chi connectivity index (χ2n) is 8.46. The van der Waals surface area contributed by atoms with Gasteiger partial charge in [-0.15, -0.1) is 11.3 Å². The van der Waals surface area contributed by atoms with Crippen molar-refractivity contribution in [1.82, 2.24) is 8.87 Å². The molecule has 0 saturated carbocycles. The molecule has 0 radical (unpaired) electrons. The maximum atomic E-state index is 13.4. The average molecular weight is 502 g/mol. The van der Waals surface area contributed by atoms with Crippen molar-refractivity contribution in [2.45, 2.75) is 43.9 Å². The zero-order valence-corrected chi connectivity index (χ0v) is 21.4. The van der Waals surface area contributed by atoms with Gasteiger partial charge in [-0.1, -0.05) is 30.3 Å². The van der Waals surface area contributed by atoms with Crippen LogP contribution in [0.3, 0.4) is 0 Å². The molecule has 3 aromatic rings. The van der Waals surface area contributed by atoms with Gasteiger partial charge < -0.3 is 14.0 Å². The fraction of sp³-hybridized carbons (Fsp3) is 0.400. The molecular formula is C25H31N3O4S2. The lowest BCUT2D eigenvalue weighted by atomic mass is 10.2. The summed E-state index contributed by atoms with van der Waals surface area (Å²) in [5.74, 6) is 0. The molecule has 2 aromatic carbocycles. The van der Waals surface area contributed by atoms with E-state index < -0.39 is 10.0 Å². The summed E-state index contributed by atoms with van der Waals surface area (Å²) in [7, 11) is -1.94. The van der Waals surface area contributed by atoms with Crippen molar-refractivity contribution in [1.29, 1.82) is 0 Å². The van der Waals surface area contributed by atoms with Gasteiger partial charge in [0.05, 0.1) is 28.5 Å². The molecule has 4 rings (SSSR count). The summed E-state index contributed by atoms with van der Waals surface area (Å²) >= 11 is 1.54. The van der Waals surface area contributed by atoms with Gasteiger partial charge in [0.1, 0.15) is 0 Å². The zero-order valence-electron chi connectivity index (χ0n) is 19.8. The van der Waals surface area contributed by atoms with E-state index in [1.54, 1.807) is 36.6 Å². The first kappa shape index (κ1) is 24.8. The average Bonchev–Trinajstić information content (AvgIpc) is 3.21. The summed E-state index contributed by atoms with van der Waals surface area (Å²) in [6, 6.07) is 17.0. The number of aromatic nitrogens is 1. The third-order valence-corrected chi connectivity index (χ3v) is 8.35. The lowest BCUT2D eigenvalue weighted by Crippen LogP contribution is -2.48. The third-order valence-electron chi connectivity index (χ3n) is 5.66. The predicted octanol–water partition coefficient (Wildman–Crippen LogP) is 4.28. The van der Waals surface area contributed by atoms with Crippen LogP contribution in [0.5, 0.6) is 0 Å². The Kier molecular flexibility index (Phi) is 8.00. The number of thiazole rings is 1. The van der Waals surface area contributed by atoms with Crippen LogP contribution in [0.25, 0.3) is 11.3 Å². The molecule has 7 nitrogen and oxygen atoms in total. The zero-order chi connectivity index (χ0) is 24.1. The summed E-state index contributed by atoms with van der Waals surface area (Å²) in [6.07, 6.45) is 0.552. The van der Waals surface area contributed by atoms with Crippen LogP contribution >= 0.6 is 11.3 Å². The van der Waals surface area contributed by atoms with Crippen LogP contribution in [0.2, 0.25) is 0 Å². The minimum Gasteiger partial charge on any atom is -0.385 e. The number of hydrogen-bond donors (Lipinski definition) is 0. The van der Waals surface area contributed by atoms with E-state index in [4.69, 9.17) is 14.5 Å². The number of rotatable bonds is 8. The molecule has 9 heteroatoms. The van der Waals surface area contributed by atoms with E-state index in [1.807, 2.05) is 55.6 Å². The molecule has 1 aliphatic rings. The molecule has 1 fully saturated rings. The van der Waals surface area contributed by atoms with Crippen LogP contribution in [0.15, 0.2) is 69.9 Å². The van der Waals surface area contributed by atoms with E-state index in [2.05, 4.69) is 4.57 Å². The molecule has 0 unspecified atom stereocenters. The van der Waals surface area contributed by atoms with Crippen molar-refractivity contribution in [3.63, 3.8) is 0 Å². The van der Waals surface area contributed by atoms with Gasteiger partial charge in [0.2, 0.25) is 10.0 Å². The maximum Gasteiger partial charge on any atom is 0.243 e. The molecule has 1 saturated heterocycles. The second kappa shape index (κ2) is 11.0. The van der Waals surface area contributed by atoms with Crippen LogP contribution < -0.4 is 4.80 Å². The van der Waals surface area contributed by atoms with Gasteiger partial charge in [-0.25, -0.2) is 13.4 Å². The monoisotopic (exact) mass is 501 g/mol. The van der Waals surface area contributed by atoms with E-state index in [1.165, 1.54) is 4.31 Å². The largest absolute Gasteiger partial charge is 0.385 e. The normalized spacial score (nSPS) is 20.0. The topological polar surface area (TPSA) is 73.1 Å². The molecule has 0 spiro atoms. The van der Waals surface area contributed by atoms with E-state index in [-0.39, 0.29) is 12.2 Å². The first-order valence-electron chi connectivity index (χ1n) is 11.4. The molecule has 182 valence electrons. The maximum absolute atomic E-state index is 13.4. The van der Waals surface area contributed by atoms with Crippen molar-refractivity contribution in [2.24, 2.45) is 4.99 Å². The number of morpholine rings is 1. The van der Waals surface area contributed by atoms with Gasteiger partial charge >= 0.3 is 0 Å². The Bertz CT molecular complexity index is 1260. The standard InChI is InChI=1S/C25H31N3O4S2/c1-19-16-27(17-20(2)32-19)34(29,30)23-12-7-9-21(15-23)24-18-33-25(28(24)13-8-14-31-3)26-22-10-5-4-6-11-22/h4-7,9-12,15,18-20H,8,13-14,16-17H2,1-3H3/t19-,20-/m1/s1. The highest BCUT2D eigenvalue weighted by Gasteiger charge is 2.32. The van der Waals surface area contributed by atoms with Crippen molar-refractivity contribution < 1.29 is 17.9 Å². The highest BCUT2D eigenvalue weighted by atomic mass is 32.2. The van der Waals surface area contributed by atoms with Crippen LogP contribution in [-0.4, -0.2) is 56.3 Å². The van der Waals surface area contributed by atoms with Crippen LogP contribution in [-0.2, 0) is 26.0 Å². The van der Waals surface area contributed by atoms with Crippen molar-refractivity contribution >= 4 is 27.0 Å². The Labute approximate surface area is 205 Å².